The summed E-state index contributed by atoms with van der Waals surface area (Å²) in [5, 5.41) is 6.88. The summed E-state index contributed by atoms with van der Waals surface area (Å²) in [7, 11) is 0. The molecule has 4 nitrogen and oxygen atoms in total. The molecule has 3 rings (SSSR count). The standard InChI is InChI=1S/C16H11BrFN3O/c17-12-9-19-21(10-12)15-7-1-11(2-8-15)16(22)20-14-5-3-13(18)4-6-14/h1-10H,(H,20,22). The van der Waals surface area contributed by atoms with Gasteiger partial charge < -0.3 is 5.32 Å². The van der Waals surface area contributed by atoms with Gasteiger partial charge in [-0.1, -0.05) is 0 Å². The summed E-state index contributed by atoms with van der Waals surface area (Å²) < 4.78 is 15.4. The molecular weight excluding hydrogens is 349 g/mol. The molecule has 110 valence electrons. The Morgan fingerprint density at radius 3 is 2.36 bits per heavy atom. The Kier molecular flexibility index (Phi) is 4.02. The van der Waals surface area contributed by atoms with Crippen LogP contribution in [-0.2, 0) is 0 Å². The van der Waals surface area contributed by atoms with Crippen LogP contribution in [0.4, 0.5) is 10.1 Å². The molecule has 0 atom stereocenters. The molecule has 0 spiro atoms. The van der Waals surface area contributed by atoms with Gasteiger partial charge >= 0.3 is 0 Å². The van der Waals surface area contributed by atoms with E-state index >= 15 is 0 Å². The van der Waals surface area contributed by atoms with Gasteiger partial charge in [-0.15, -0.1) is 0 Å². The summed E-state index contributed by atoms with van der Waals surface area (Å²) in [5.74, 6) is -0.590. The number of halogens is 2. The van der Waals surface area contributed by atoms with Crippen LogP contribution < -0.4 is 5.32 Å². The molecule has 0 saturated carbocycles. The first kappa shape index (κ1) is 14.5. The third-order valence-corrected chi connectivity index (χ3v) is 3.46. The van der Waals surface area contributed by atoms with Crippen molar-refractivity contribution in [2.45, 2.75) is 0 Å². The summed E-state index contributed by atoms with van der Waals surface area (Å²) >= 11 is 3.34. The lowest BCUT2D eigenvalue weighted by atomic mass is 10.2. The number of benzene rings is 2. The van der Waals surface area contributed by atoms with Crippen LogP contribution in [0.25, 0.3) is 5.69 Å². The van der Waals surface area contributed by atoms with Crippen LogP contribution in [0.15, 0.2) is 65.4 Å². The fourth-order valence-corrected chi connectivity index (χ4v) is 2.23. The van der Waals surface area contributed by atoms with E-state index in [0.29, 0.717) is 11.3 Å². The van der Waals surface area contributed by atoms with E-state index < -0.39 is 0 Å². The smallest absolute Gasteiger partial charge is 0.255 e. The number of nitrogens with zero attached hydrogens (tertiary/aromatic N) is 2. The second-order valence-electron chi connectivity index (χ2n) is 4.61. The third kappa shape index (κ3) is 3.23. The van der Waals surface area contributed by atoms with Gasteiger partial charge in [0.2, 0.25) is 0 Å². The molecule has 0 bridgehead atoms. The molecule has 0 aliphatic heterocycles. The van der Waals surface area contributed by atoms with E-state index in [1.54, 1.807) is 35.1 Å². The maximum atomic E-state index is 12.8. The molecule has 6 heteroatoms. The number of hydrogen-bond acceptors (Lipinski definition) is 2. The average molecular weight is 360 g/mol. The zero-order chi connectivity index (χ0) is 15.5. The van der Waals surface area contributed by atoms with Crippen molar-refractivity contribution in [1.82, 2.24) is 9.78 Å². The van der Waals surface area contributed by atoms with E-state index in [9.17, 15) is 9.18 Å². The fourth-order valence-electron chi connectivity index (χ4n) is 1.94. The van der Waals surface area contributed by atoms with Crippen LogP contribution in [0.5, 0.6) is 0 Å². The molecule has 0 aliphatic rings. The first-order chi connectivity index (χ1) is 10.6. The molecule has 1 N–H and O–H groups in total. The Labute approximate surface area is 134 Å². The van der Waals surface area contributed by atoms with Crippen molar-refractivity contribution in [2.24, 2.45) is 0 Å². The van der Waals surface area contributed by atoms with Gasteiger partial charge in [0.05, 0.1) is 16.4 Å². The minimum Gasteiger partial charge on any atom is -0.322 e. The predicted molar refractivity (Wildman–Crippen MR) is 85.6 cm³/mol. The van der Waals surface area contributed by atoms with E-state index in [2.05, 4.69) is 26.3 Å². The van der Waals surface area contributed by atoms with Gasteiger partial charge in [-0.25, -0.2) is 9.07 Å². The molecular formula is C16H11BrFN3O. The maximum Gasteiger partial charge on any atom is 0.255 e. The molecule has 0 fully saturated rings. The number of amides is 1. The normalized spacial score (nSPS) is 10.5. The average Bonchev–Trinajstić information content (AvgIpc) is 2.96. The van der Waals surface area contributed by atoms with Gasteiger partial charge in [-0.05, 0) is 64.5 Å². The number of nitrogens with one attached hydrogen (secondary N) is 1. The number of anilines is 1. The number of aromatic nitrogens is 2. The summed E-state index contributed by atoms with van der Waals surface area (Å²) in [6, 6.07) is 12.7. The highest BCUT2D eigenvalue weighted by molar-refractivity contribution is 9.10. The highest BCUT2D eigenvalue weighted by Gasteiger charge is 2.07. The number of carbonyl (C=O) groups excluding carboxylic acids is 1. The minimum atomic E-state index is -0.340. The molecule has 0 unspecified atom stereocenters. The fraction of sp³-hybridized carbons (Fsp3) is 0. The number of hydrogen-bond donors (Lipinski definition) is 1. The van der Waals surface area contributed by atoms with Crippen molar-refractivity contribution >= 4 is 27.5 Å². The minimum absolute atomic E-state index is 0.250. The summed E-state index contributed by atoms with van der Waals surface area (Å²) in [6.07, 6.45) is 3.52. The number of rotatable bonds is 3. The lowest BCUT2D eigenvalue weighted by molar-refractivity contribution is 0.102. The Balaban J connectivity index is 1.74. The SMILES string of the molecule is O=C(Nc1ccc(F)cc1)c1ccc(-n2cc(Br)cn2)cc1. The molecule has 3 aromatic rings. The molecule has 22 heavy (non-hydrogen) atoms. The Hall–Kier alpha value is -2.47. The van der Waals surface area contributed by atoms with E-state index in [1.807, 2.05) is 6.20 Å². The Morgan fingerprint density at radius 1 is 1.09 bits per heavy atom. The summed E-state index contributed by atoms with van der Waals surface area (Å²) in [5.41, 5.74) is 1.91. The lowest BCUT2D eigenvalue weighted by Gasteiger charge is -2.06. The molecule has 0 aliphatic carbocycles. The second-order valence-corrected chi connectivity index (χ2v) is 5.53. The van der Waals surface area contributed by atoms with Gasteiger partial charge in [-0.3, -0.25) is 4.79 Å². The van der Waals surface area contributed by atoms with Crippen LogP contribution in [0.3, 0.4) is 0 Å². The molecule has 2 aromatic carbocycles. The van der Waals surface area contributed by atoms with Gasteiger partial charge in [0, 0.05) is 17.4 Å². The largest absolute Gasteiger partial charge is 0.322 e. The Bertz CT molecular complexity index is 797. The van der Waals surface area contributed by atoms with Crippen LogP contribution in [0, 0.1) is 5.82 Å². The lowest BCUT2D eigenvalue weighted by Crippen LogP contribution is -2.11. The summed E-state index contributed by atoms with van der Waals surface area (Å²) in [4.78, 5) is 12.1. The van der Waals surface area contributed by atoms with Crippen LogP contribution in [0.1, 0.15) is 10.4 Å². The summed E-state index contributed by atoms with van der Waals surface area (Å²) in [6.45, 7) is 0. The first-order valence-corrected chi connectivity index (χ1v) is 7.29. The highest BCUT2D eigenvalue weighted by Crippen LogP contribution is 2.15. The van der Waals surface area contributed by atoms with E-state index in [1.165, 1.54) is 24.3 Å². The van der Waals surface area contributed by atoms with Crippen molar-refractivity contribution in [3.8, 4) is 5.69 Å². The van der Waals surface area contributed by atoms with Gasteiger partial charge in [0.25, 0.3) is 5.91 Å². The van der Waals surface area contributed by atoms with Gasteiger partial charge in [0.15, 0.2) is 0 Å². The molecule has 1 heterocycles. The van der Waals surface area contributed by atoms with Crippen LogP contribution in [0.2, 0.25) is 0 Å². The van der Waals surface area contributed by atoms with E-state index in [0.717, 1.165) is 10.2 Å². The zero-order valence-electron chi connectivity index (χ0n) is 11.3. The van der Waals surface area contributed by atoms with Crippen molar-refractivity contribution < 1.29 is 9.18 Å². The monoisotopic (exact) mass is 359 g/mol. The van der Waals surface area contributed by atoms with Crippen LogP contribution >= 0.6 is 15.9 Å². The second kappa shape index (κ2) is 6.11. The van der Waals surface area contributed by atoms with E-state index in [-0.39, 0.29) is 11.7 Å². The highest BCUT2D eigenvalue weighted by atomic mass is 79.9. The van der Waals surface area contributed by atoms with E-state index in [4.69, 9.17) is 0 Å². The number of carbonyl (C=O) groups is 1. The Morgan fingerprint density at radius 2 is 1.77 bits per heavy atom. The van der Waals surface area contributed by atoms with Crippen molar-refractivity contribution in [1.29, 1.82) is 0 Å². The topological polar surface area (TPSA) is 46.9 Å². The maximum absolute atomic E-state index is 12.8. The first-order valence-electron chi connectivity index (χ1n) is 6.49. The predicted octanol–water partition coefficient (Wildman–Crippen LogP) is 4.03. The zero-order valence-corrected chi connectivity index (χ0v) is 12.9. The van der Waals surface area contributed by atoms with Crippen molar-refractivity contribution in [3.05, 3.63) is 76.8 Å². The molecule has 1 amide bonds. The van der Waals surface area contributed by atoms with Crippen molar-refractivity contribution in [3.63, 3.8) is 0 Å². The van der Waals surface area contributed by atoms with Crippen LogP contribution in [-0.4, -0.2) is 15.7 Å². The van der Waals surface area contributed by atoms with Gasteiger partial charge in [-0.2, -0.15) is 5.10 Å². The molecule has 1 aromatic heterocycles. The molecule has 0 saturated heterocycles. The quantitative estimate of drug-likeness (QED) is 0.767. The molecule has 0 radical (unpaired) electrons. The van der Waals surface area contributed by atoms with Crippen molar-refractivity contribution in [2.75, 3.05) is 5.32 Å². The third-order valence-electron chi connectivity index (χ3n) is 3.05. The van der Waals surface area contributed by atoms with Gasteiger partial charge in [0.1, 0.15) is 5.82 Å².